The van der Waals surface area contributed by atoms with Gasteiger partial charge in [0.05, 0.1) is 12.5 Å². The Balaban J connectivity index is 1.93. The first-order valence-electron chi connectivity index (χ1n) is 9.46. The summed E-state index contributed by atoms with van der Waals surface area (Å²) in [6.45, 7) is 2.06. The third-order valence-electron chi connectivity index (χ3n) is 4.79. The van der Waals surface area contributed by atoms with E-state index in [1.165, 1.54) is 0 Å². The molecule has 2 heterocycles. The van der Waals surface area contributed by atoms with Crippen molar-refractivity contribution in [1.29, 1.82) is 0 Å². The minimum absolute atomic E-state index is 0.0530. The van der Waals surface area contributed by atoms with Crippen molar-refractivity contribution in [3.8, 4) is 23.4 Å². The molecule has 0 aliphatic rings. The van der Waals surface area contributed by atoms with Crippen LogP contribution < -0.4 is 10.3 Å². The van der Waals surface area contributed by atoms with Crippen LogP contribution in [0.15, 0.2) is 77.7 Å². The Morgan fingerprint density at radius 2 is 1.83 bits per heavy atom. The lowest BCUT2D eigenvalue weighted by molar-refractivity contribution is 0.398. The number of methoxy groups -OCH3 is 1. The lowest BCUT2D eigenvalue weighted by atomic mass is 10.0. The average Bonchev–Trinajstić information content (AvgIpc) is 2.78. The van der Waals surface area contributed by atoms with E-state index in [-0.39, 0.29) is 5.56 Å². The molecule has 0 saturated carbocycles. The Morgan fingerprint density at radius 3 is 2.59 bits per heavy atom. The number of aryl methyl sites for hydroxylation is 1. The predicted octanol–water partition coefficient (Wildman–Crippen LogP) is 4.36. The Labute approximate surface area is 169 Å². The van der Waals surface area contributed by atoms with Crippen LogP contribution in [0.4, 0.5) is 0 Å². The maximum atomic E-state index is 13.5. The van der Waals surface area contributed by atoms with E-state index in [9.17, 15) is 4.79 Å². The summed E-state index contributed by atoms with van der Waals surface area (Å²) in [5.74, 6) is 6.80. The third-order valence-corrected chi connectivity index (χ3v) is 4.79. The van der Waals surface area contributed by atoms with Crippen molar-refractivity contribution in [2.24, 2.45) is 0 Å². The van der Waals surface area contributed by atoms with Gasteiger partial charge in [0.25, 0.3) is 5.56 Å². The Kier molecular flexibility index (Phi) is 5.13. The lowest BCUT2D eigenvalue weighted by Crippen LogP contribution is -2.22. The zero-order chi connectivity index (χ0) is 20.2. The van der Waals surface area contributed by atoms with Crippen LogP contribution in [0.1, 0.15) is 23.7 Å². The van der Waals surface area contributed by atoms with Crippen molar-refractivity contribution in [1.82, 2.24) is 9.55 Å². The zero-order valence-electron chi connectivity index (χ0n) is 16.3. The molecule has 2 aromatic heterocycles. The van der Waals surface area contributed by atoms with E-state index in [2.05, 4.69) is 29.8 Å². The number of benzene rings is 2. The topological polar surface area (TPSA) is 44.1 Å². The number of rotatable bonds is 3. The fourth-order valence-electron chi connectivity index (χ4n) is 3.38. The summed E-state index contributed by atoms with van der Waals surface area (Å²) in [7, 11) is 1.57. The number of para-hydroxylation sites is 1. The van der Waals surface area contributed by atoms with Gasteiger partial charge in [-0.25, -0.2) is 4.98 Å². The molecular weight excluding hydrogens is 360 g/mol. The lowest BCUT2D eigenvalue weighted by Gasteiger charge is -2.14. The maximum absolute atomic E-state index is 13.5. The van der Waals surface area contributed by atoms with Gasteiger partial charge in [-0.3, -0.25) is 9.36 Å². The molecule has 0 radical (unpaired) electrons. The molecule has 0 fully saturated rings. The minimum atomic E-state index is -0.0530. The second kappa shape index (κ2) is 8.04. The summed E-state index contributed by atoms with van der Waals surface area (Å²) in [4.78, 5) is 17.6. The SMILES string of the molecule is CCc1cc2cccc(C#Cc3ccnc(OC)c3)c2c(=O)n1-c1ccccc1. The molecule has 0 N–H and O–H groups in total. The van der Waals surface area contributed by atoms with E-state index in [0.717, 1.165) is 28.8 Å². The third kappa shape index (κ3) is 3.63. The summed E-state index contributed by atoms with van der Waals surface area (Å²) >= 11 is 0. The molecule has 0 saturated heterocycles. The highest BCUT2D eigenvalue weighted by Gasteiger charge is 2.12. The number of ether oxygens (including phenoxy) is 1. The quantitative estimate of drug-likeness (QED) is 0.496. The van der Waals surface area contributed by atoms with E-state index in [1.54, 1.807) is 23.9 Å². The highest BCUT2D eigenvalue weighted by Crippen LogP contribution is 2.19. The summed E-state index contributed by atoms with van der Waals surface area (Å²) in [5, 5.41) is 1.53. The molecule has 0 aliphatic heterocycles. The van der Waals surface area contributed by atoms with Crippen LogP contribution in [0.2, 0.25) is 0 Å². The van der Waals surface area contributed by atoms with Crippen molar-refractivity contribution in [2.45, 2.75) is 13.3 Å². The molecule has 0 amide bonds. The molecule has 142 valence electrons. The maximum Gasteiger partial charge on any atom is 0.264 e. The van der Waals surface area contributed by atoms with Gasteiger partial charge < -0.3 is 4.74 Å². The zero-order valence-corrected chi connectivity index (χ0v) is 16.3. The number of pyridine rings is 2. The second-order valence-corrected chi connectivity index (χ2v) is 6.57. The first-order valence-corrected chi connectivity index (χ1v) is 9.46. The van der Waals surface area contributed by atoms with Crippen LogP contribution in [0.3, 0.4) is 0 Å². The average molecular weight is 380 g/mol. The van der Waals surface area contributed by atoms with Gasteiger partial charge >= 0.3 is 0 Å². The molecule has 0 spiro atoms. The summed E-state index contributed by atoms with van der Waals surface area (Å²) in [6, 6.07) is 21.2. The van der Waals surface area contributed by atoms with Crippen LogP contribution in [0.25, 0.3) is 16.5 Å². The van der Waals surface area contributed by atoms with Crippen LogP contribution >= 0.6 is 0 Å². The molecule has 4 heteroatoms. The highest BCUT2D eigenvalue weighted by atomic mass is 16.5. The number of hydrogen-bond donors (Lipinski definition) is 0. The van der Waals surface area contributed by atoms with Crippen LogP contribution in [0, 0.1) is 11.8 Å². The van der Waals surface area contributed by atoms with Gasteiger partial charge in [-0.05, 0) is 42.1 Å². The minimum Gasteiger partial charge on any atom is -0.481 e. The second-order valence-electron chi connectivity index (χ2n) is 6.57. The molecule has 29 heavy (non-hydrogen) atoms. The van der Waals surface area contributed by atoms with E-state index >= 15 is 0 Å². The first-order chi connectivity index (χ1) is 14.2. The van der Waals surface area contributed by atoms with Crippen LogP contribution in [-0.2, 0) is 6.42 Å². The summed E-state index contributed by atoms with van der Waals surface area (Å²) < 4.78 is 6.93. The molecule has 2 aromatic carbocycles. The molecule has 4 rings (SSSR count). The summed E-state index contributed by atoms with van der Waals surface area (Å²) in [6.07, 6.45) is 2.41. The van der Waals surface area contributed by atoms with Gasteiger partial charge in [0.2, 0.25) is 5.88 Å². The monoisotopic (exact) mass is 380 g/mol. The molecular formula is C25H20N2O2. The van der Waals surface area contributed by atoms with Gasteiger partial charge in [-0.1, -0.05) is 49.1 Å². The van der Waals surface area contributed by atoms with Crippen molar-refractivity contribution in [3.05, 3.63) is 100 Å². The largest absolute Gasteiger partial charge is 0.481 e. The molecule has 0 bridgehead atoms. The Hall–Kier alpha value is -3.84. The first kappa shape index (κ1) is 18.5. The molecule has 0 unspecified atom stereocenters. The van der Waals surface area contributed by atoms with E-state index < -0.39 is 0 Å². The van der Waals surface area contributed by atoms with Crippen LogP contribution in [-0.4, -0.2) is 16.7 Å². The summed E-state index contributed by atoms with van der Waals surface area (Å²) in [5.41, 5.74) is 3.26. The Morgan fingerprint density at radius 1 is 1.00 bits per heavy atom. The molecule has 4 aromatic rings. The van der Waals surface area contributed by atoms with Gasteiger partial charge in [0.1, 0.15) is 0 Å². The van der Waals surface area contributed by atoms with Crippen molar-refractivity contribution in [2.75, 3.05) is 7.11 Å². The highest BCUT2D eigenvalue weighted by molar-refractivity contribution is 5.88. The van der Waals surface area contributed by atoms with Crippen molar-refractivity contribution < 1.29 is 4.74 Å². The number of aromatic nitrogens is 2. The molecule has 4 nitrogen and oxygen atoms in total. The number of nitrogens with zero attached hydrogens (tertiary/aromatic N) is 2. The normalized spacial score (nSPS) is 10.4. The van der Waals surface area contributed by atoms with Gasteiger partial charge in [0, 0.05) is 34.8 Å². The smallest absolute Gasteiger partial charge is 0.264 e. The fraction of sp³-hybridized carbons (Fsp3) is 0.120. The van der Waals surface area contributed by atoms with Gasteiger partial charge in [-0.15, -0.1) is 0 Å². The fourth-order valence-corrected chi connectivity index (χ4v) is 3.38. The van der Waals surface area contributed by atoms with Crippen molar-refractivity contribution >= 4 is 10.8 Å². The van der Waals surface area contributed by atoms with Gasteiger partial charge in [0.15, 0.2) is 0 Å². The molecule has 0 aliphatic carbocycles. The number of hydrogen-bond acceptors (Lipinski definition) is 3. The van der Waals surface area contributed by atoms with E-state index in [1.807, 2.05) is 54.6 Å². The predicted molar refractivity (Wildman–Crippen MR) is 116 cm³/mol. The number of fused-ring (bicyclic) bond motifs is 1. The van der Waals surface area contributed by atoms with E-state index in [4.69, 9.17) is 4.74 Å². The molecule has 0 atom stereocenters. The Bertz CT molecular complexity index is 1300. The standard InChI is InChI=1S/C25H20N2O2/c1-3-21-17-20-9-7-8-19(13-12-18-14-15-26-23(16-18)29-2)24(20)25(28)27(21)22-10-5-4-6-11-22/h4-11,14-17H,3H2,1-2H3. The van der Waals surface area contributed by atoms with Crippen molar-refractivity contribution in [3.63, 3.8) is 0 Å². The van der Waals surface area contributed by atoms with Gasteiger partial charge in [-0.2, -0.15) is 0 Å². The van der Waals surface area contributed by atoms with E-state index in [0.29, 0.717) is 16.8 Å². The van der Waals surface area contributed by atoms with Crippen LogP contribution in [0.5, 0.6) is 5.88 Å².